The summed E-state index contributed by atoms with van der Waals surface area (Å²) in [5.41, 5.74) is 4.38. The maximum atomic E-state index is 13.3. The number of nitrogens with one attached hydrogen (secondary N) is 1. The monoisotopic (exact) mass is 517 g/mol. The smallest absolute Gasteiger partial charge is 0.259 e. The van der Waals surface area contributed by atoms with Gasteiger partial charge in [-0.3, -0.25) is 14.9 Å². The number of carbonyl (C=O) groups excluding carboxylic acids is 2. The van der Waals surface area contributed by atoms with Crippen molar-refractivity contribution >= 4 is 44.8 Å². The van der Waals surface area contributed by atoms with Crippen LogP contribution in [0.25, 0.3) is 33.0 Å². The van der Waals surface area contributed by atoms with E-state index in [0.29, 0.717) is 24.0 Å². The van der Waals surface area contributed by atoms with Gasteiger partial charge in [-0.2, -0.15) is 10.5 Å². The third kappa shape index (κ3) is 5.22. The summed E-state index contributed by atoms with van der Waals surface area (Å²) in [5.74, 6) is -0.750. The van der Waals surface area contributed by atoms with Crippen LogP contribution in [0, 0.1) is 22.7 Å². The highest BCUT2D eigenvalue weighted by Gasteiger charge is 2.35. The van der Waals surface area contributed by atoms with Gasteiger partial charge in [0.2, 0.25) is 0 Å². The van der Waals surface area contributed by atoms with E-state index < -0.39 is 0 Å². The summed E-state index contributed by atoms with van der Waals surface area (Å²) in [5, 5.41) is 22.1. The lowest BCUT2D eigenvalue weighted by atomic mass is 9.95. The van der Waals surface area contributed by atoms with Crippen molar-refractivity contribution in [2.24, 2.45) is 0 Å². The number of benzene rings is 2. The Bertz CT molecular complexity index is 1540. The zero-order valence-electron chi connectivity index (χ0n) is 21.9. The molecule has 196 valence electrons. The average Bonchev–Trinajstić information content (AvgIpc) is 3.59. The summed E-state index contributed by atoms with van der Waals surface area (Å²) in [6.45, 7) is 1.55. The van der Waals surface area contributed by atoms with Crippen molar-refractivity contribution in [3.8, 4) is 12.1 Å². The van der Waals surface area contributed by atoms with Crippen LogP contribution < -0.4 is 5.32 Å². The fraction of sp³-hybridized carbons (Fsp3) is 0.312. The second-order valence-corrected chi connectivity index (χ2v) is 9.98. The zero-order valence-corrected chi connectivity index (χ0v) is 21.9. The molecule has 3 heterocycles. The van der Waals surface area contributed by atoms with Gasteiger partial charge in [0.25, 0.3) is 11.8 Å². The van der Waals surface area contributed by atoms with Gasteiger partial charge in [0.15, 0.2) is 0 Å². The Kier molecular flexibility index (Phi) is 7.89. The lowest BCUT2D eigenvalue weighted by Gasteiger charge is -2.04. The average molecular weight is 518 g/mol. The lowest BCUT2D eigenvalue weighted by Crippen LogP contribution is -2.22. The largest absolute Gasteiger partial charge is 0.347 e. The highest BCUT2D eigenvalue weighted by Crippen LogP contribution is 2.39. The molecule has 0 unspecified atom stereocenters. The fourth-order valence-electron chi connectivity index (χ4n) is 5.56. The van der Waals surface area contributed by atoms with Crippen LogP contribution in [0.5, 0.6) is 0 Å². The Morgan fingerprint density at radius 2 is 1.05 bits per heavy atom. The molecule has 0 radical (unpaired) electrons. The summed E-state index contributed by atoms with van der Waals surface area (Å²) >= 11 is 0. The number of hydrogen-bond acceptors (Lipinski definition) is 4. The second kappa shape index (κ2) is 11.8. The van der Waals surface area contributed by atoms with Crippen molar-refractivity contribution in [1.29, 1.82) is 10.5 Å². The molecular formula is C32H31N5O2. The van der Waals surface area contributed by atoms with E-state index in [1.54, 1.807) is 0 Å². The van der Waals surface area contributed by atoms with Gasteiger partial charge in [-0.15, -0.1) is 0 Å². The molecule has 0 saturated heterocycles. The molecule has 2 amide bonds. The Morgan fingerprint density at radius 1 is 0.615 bits per heavy atom. The minimum atomic E-state index is -0.375. The molecule has 2 aromatic carbocycles. The topological polar surface area (TPSA) is 104 Å². The minimum absolute atomic E-state index is 0.375. The highest BCUT2D eigenvalue weighted by molar-refractivity contribution is 6.50. The number of aryl methyl sites for hydroxylation is 2. The number of aromatic nitrogens is 2. The number of nitriles is 2. The van der Waals surface area contributed by atoms with E-state index in [0.717, 1.165) is 84.5 Å². The molecule has 39 heavy (non-hydrogen) atoms. The molecule has 5 rings (SSSR count). The molecule has 1 N–H and O–H groups in total. The number of para-hydroxylation sites is 2. The molecular weight excluding hydrogens is 486 g/mol. The Labute approximate surface area is 227 Å². The fourth-order valence-corrected chi connectivity index (χ4v) is 5.56. The van der Waals surface area contributed by atoms with E-state index in [1.165, 1.54) is 0 Å². The standard InChI is InChI=1S/C32H31N5O2/c33-17-9-1-3-11-19-36-21-25(23-13-5-7-15-27(23)36)29-30(32(39)35-31(29)38)26-22-37(20-12-4-2-10-18-34)28-16-8-6-14-24(26)28/h5-8,13-16,21-22H,1-4,9-12,19-20H2,(H,35,38,39). The molecule has 0 spiro atoms. The first kappa shape index (κ1) is 26.0. The Morgan fingerprint density at radius 3 is 1.49 bits per heavy atom. The van der Waals surface area contributed by atoms with Gasteiger partial charge in [0.05, 0.1) is 23.3 Å². The van der Waals surface area contributed by atoms with Crippen LogP contribution in [-0.2, 0) is 22.7 Å². The normalized spacial score (nSPS) is 13.3. The molecule has 0 aliphatic carbocycles. The van der Waals surface area contributed by atoms with Crippen LogP contribution in [0.15, 0.2) is 60.9 Å². The van der Waals surface area contributed by atoms with E-state index in [1.807, 2.05) is 60.9 Å². The first-order valence-electron chi connectivity index (χ1n) is 13.6. The molecule has 0 bridgehead atoms. The van der Waals surface area contributed by atoms with Crippen LogP contribution in [0.3, 0.4) is 0 Å². The summed E-state index contributed by atoms with van der Waals surface area (Å²) in [7, 11) is 0. The van der Waals surface area contributed by atoms with Crippen LogP contribution in [0.2, 0.25) is 0 Å². The van der Waals surface area contributed by atoms with E-state index in [9.17, 15) is 9.59 Å². The molecule has 7 heteroatoms. The minimum Gasteiger partial charge on any atom is -0.347 e. The Balaban J connectivity index is 1.57. The van der Waals surface area contributed by atoms with Crippen molar-refractivity contribution in [1.82, 2.24) is 14.5 Å². The van der Waals surface area contributed by atoms with E-state index in [2.05, 4.69) is 26.6 Å². The number of hydrogen-bond donors (Lipinski definition) is 1. The van der Waals surface area contributed by atoms with Crippen molar-refractivity contribution in [3.05, 3.63) is 72.1 Å². The van der Waals surface area contributed by atoms with Gasteiger partial charge < -0.3 is 9.13 Å². The summed E-state index contributed by atoms with van der Waals surface area (Å²) in [4.78, 5) is 26.6. The van der Waals surface area contributed by atoms with E-state index >= 15 is 0 Å². The van der Waals surface area contributed by atoms with Crippen LogP contribution in [0.1, 0.15) is 62.5 Å². The molecule has 2 aromatic heterocycles. The van der Waals surface area contributed by atoms with Gasteiger partial charge in [-0.1, -0.05) is 49.2 Å². The molecule has 0 saturated carbocycles. The second-order valence-electron chi connectivity index (χ2n) is 9.98. The number of unbranched alkanes of at least 4 members (excludes halogenated alkanes) is 6. The summed E-state index contributed by atoms with van der Waals surface area (Å²) in [6.07, 6.45) is 10.6. The predicted octanol–water partition coefficient (Wildman–Crippen LogP) is 6.33. The molecule has 7 nitrogen and oxygen atoms in total. The van der Waals surface area contributed by atoms with Crippen LogP contribution in [0.4, 0.5) is 0 Å². The van der Waals surface area contributed by atoms with Gasteiger partial charge >= 0.3 is 0 Å². The summed E-state index contributed by atoms with van der Waals surface area (Å²) in [6, 6.07) is 20.4. The zero-order chi connectivity index (χ0) is 27.2. The third-order valence-electron chi connectivity index (χ3n) is 7.42. The van der Waals surface area contributed by atoms with Gasteiger partial charge in [-0.25, -0.2) is 0 Å². The molecule has 0 fully saturated rings. The summed E-state index contributed by atoms with van der Waals surface area (Å²) < 4.78 is 4.31. The first-order chi connectivity index (χ1) is 19.1. The SMILES string of the molecule is N#CCCCCCn1cc(C2=C(c3cn(CCCCCC#N)c4ccccc34)C(=O)NC2=O)c2ccccc21. The number of nitrogens with zero attached hydrogens (tertiary/aromatic N) is 4. The maximum Gasteiger partial charge on any atom is 0.259 e. The highest BCUT2D eigenvalue weighted by atomic mass is 16.2. The molecule has 0 atom stereocenters. The first-order valence-corrected chi connectivity index (χ1v) is 13.6. The van der Waals surface area contributed by atoms with Crippen LogP contribution >= 0.6 is 0 Å². The number of rotatable bonds is 12. The maximum absolute atomic E-state index is 13.3. The van der Waals surface area contributed by atoms with Gasteiger partial charge in [0.1, 0.15) is 0 Å². The van der Waals surface area contributed by atoms with Crippen LogP contribution in [-0.4, -0.2) is 20.9 Å². The number of imide groups is 1. The lowest BCUT2D eigenvalue weighted by molar-refractivity contribution is -0.122. The third-order valence-corrected chi connectivity index (χ3v) is 7.42. The van der Waals surface area contributed by atoms with Crippen molar-refractivity contribution < 1.29 is 9.59 Å². The Hall–Kier alpha value is -4.62. The van der Waals surface area contributed by atoms with Crippen molar-refractivity contribution in [2.75, 3.05) is 0 Å². The predicted molar refractivity (Wildman–Crippen MR) is 152 cm³/mol. The van der Waals surface area contributed by atoms with Gasteiger partial charge in [0, 0.05) is 71.3 Å². The molecule has 4 aromatic rings. The molecule has 1 aliphatic rings. The van der Waals surface area contributed by atoms with E-state index in [4.69, 9.17) is 10.5 Å². The molecule has 1 aliphatic heterocycles. The van der Waals surface area contributed by atoms with Gasteiger partial charge in [-0.05, 0) is 37.8 Å². The van der Waals surface area contributed by atoms with Crippen molar-refractivity contribution in [3.63, 3.8) is 0 Å². The van der Waals surface area contributed by atoms with E-state index in [-0.39, 0.29) is 11.8 Å². The number of carbonyl (C=O) groups is 2. The number of amides is 2. The van der Waals surface area contributed by atoms with Crippen molar-refractivity contribution in [2.45, 2.75) is 64.5 Å². The quantitative estimate of drug-likeness (QED) is 0.175. The number of fused-ring (bicyclic) bond motifs is 2.